The molecule has 1 fully saturated rings. The molecule has 0 amide bonds. The van der Waals surface area contributed by atoms with Gasteiger partial charge in [0.15, 0.2) is 5.11 Å². The standard InChI is InChI=1S/C18H22N4O2S2/c1-23-15-4-2-14(3-5-15)12-19-18(25)21-20-13-16-6-7-17(26-16)22-8-10-24-11-9-22/h2-7,13H,8-12H2,1H3,(H2,19,21,25)/b20-13-. The number of methoxy groups -OCH3 is 1. The van der Waals surface area contributed by atoms with E-state index >= 15 is 0 Å². The van der Waals surface area contributed by atoms with Gasteiger partial charge in [0, 0.05) is 24.5 Å². The number of thiophene rings is 1. The van der Waals surface area contributed by atoms with Gasteiger partial charge in [0.2, 0.25) is 0 Å². The Labute approximate surface area is 162 Å². The fraction of sp³-hybridized carbons (Fsp3) is 0.333. The molecule has 0 bridgehead atoms. The van der Waals surface area contributed by atoms with Crippen LogP contribution in [0.4, 0.5) is 5.00 Å². The van der Waals surface area contributed by atoms with E-state index in [-0.39, 0.29) is 0 Å². The van der Waals surface area contributed by atoms with Gasteiger partial charge in [-0.2, -0.15) is 5.10 Å². The molecule has 2 N–H and O–H groups in total. The van der Waals surface area contributed by atoms with Crippen molar-refractivity contribution in [2.24, 2.45) is 5.10 Å². The van der Waals surface area contributed by atoms with Gasteiger partial charge in [-0.05, 0) is 42.0 Å². The van der Waals surface area contributed by atoms with E-state index in [2.05, 4.69) is 32.9 Å². The van der Waals surface area contributed by atoms with E-state index in [1.165, 1.54) is 5.00 Å². The van der Waals surface area contributed by atoms with Gasteiger partial charge < -0.3 is 19.7 Å². The van der Waals surface area contributed by atoms with Crippen molar-refractivity contribution in [3.63, 3.8) is 0 Å². The van der Waals surface area contributed by atoms with Crippen LogP contribution in [0.1, 0.15) is 10.4 Å². The Balaban J connectivity index is 1.42. The van der Waals surface area contributed by atoms with Crippen LogP contribution in [0.15, 0.2) is 41.5 Å². The smallest absolute Gasteiger partial charge is 0.187 e. The van der Waals surface area contributed by atoms with Gasteiger partial charge in [-0.25, -0.2) is 0 Å². The maximum atomic E-state index is 5.38. The van der Waals surface area contributed by atoms with E-state index in [4.69, 9.17) is 21.7 Å². The number of anilines is 1. The molecule has 0 spiro atoms. The Morgan fingerprint density at radius 2 is 2.04 bits per heavy atom. The molecule has 6 nitrogen and oxygen atoms in total. The summed E-state index contributed by atoms with van der Waals surface area (Å²) in [5, 5.41) is 9.07. The highest BCUT2D eigenvalue weighted by atomic mass is 32.1. The van der Waals surface area contributed by atoms with Crippen LogP contribution in [0.3, 0.4) is 0 Å². The summed E-state index contributed by atoms with van der Waals surface area (Å²) in [5.41, 5.74) is 3.97. The Morgan fingerprint density at radius 1 is 1.27 bits per heavy atom. The first-order valence-corrected chi connectivity index (χ1v) is 9.59. The first-order valence-electron chi connectivity index (χ1n) is 8.37. The lowest BCUT2D eigenvalue weighted by Gasteiger charge is -2.27. The fourth-order valence-electron chi connectivity index (χ4n) is 2.49. The lowest BCUT2D eigenvalue weighted by molar-refractivity contribution is 0.123. The van der Waals surface area contributed by atoms with Crippen LogP contribution in [0, 0.1) is 0 Å². The SMILES string of the molecule is COc1ccc(CNC(=S)N/N=C\c2ccc(N3CCOCC3)s2)cc1. The molecule has 0 saturated carbocycles. The van der Waals surface area contributed by atoms with Gasteiger partial charge in [0.05, 0.1) is 31.5 Å². The number of rotatable bonds is 6. The van der Waals surface area contributed by atoms with Crippen LogP contribution < -0.4 is 20.4 Å². The number of hydrogen-bond acceptors (Lipinski definition) is 6. The second-order valence-electron chi connectivity index (χ2n) is 5.68. The first-order chi connectivity index (χ1) is 12.7. The maximum absolute atomic E-state index is 5.38. The summed E-state index contributed by atoms with van der Waals surface area (Å²) in [6.07, 6.45) is 1.79. The minimum absolute atomic E-state index is 0.488. The third kappa shape index (κ3) is 5.42. The molecule has 0 unspecified atom stereocenters. The third-order valence-corrected chi connectivity index (χ3v) is 5.22. The predicted octanol–water partition coefficient (Wildman–Crippen LogP) is 2.59. The van der Waals surface area contributed by atoms with Gasteiger partial charge >= 0.3 is 0 Å². The molecule has 1 aromatic heterocycles. The van der Waals surface area contributed by atoms with Gasteiger partial charge in [-0.1, -0.05) is 12.1 Å². The largest absolute Gasteiger partial charge is 0.497 e. The van der Waals surface area contributed by atoms with Crippen molar-refractivity contribution in [3.8, 4) is 5.75 Å². The molecule has 2 aromatic rings. The molecule has 1 aliphatic rings. The number of nitrogens with zero attached hydrogens (tertiary/aromatic N) is 2. The Hall–Kier alpha value is -2.16. The van der Waals surface area contributed by atoms with Crippen LogP contribution in [0.25, 0.3) is 0 Å². The molecule has 0 radical (unpaired) electrons. The van der Waals surface area contributed by atoms with Crippen LogP contribution in [-0.2, 0) is 11.3 Å². The van der Waals surface area contributed by atoms with Gasteiger partial charge in [-0.3, -0.25) is 5.43 Å². The molecule has 8 heteroatoms. The fourth-order valence-corrected chi connectivity index (χ4v) is 3.54. The van der Waals surface area contributed by atoms with Crippen LogP contribution in [0.2, 0.25) is 0 Å². The van der Waals surface area contributed by atoms with Gasteiger partial charge in [-0.15, -0.1) is 11.3 Å². The second-order valence-corrected chi connectivity index (χ2v) is 7.18. The molecule has 26 heavy (non-hydrogen) atoms. The molecule has 1 saturated heterocycles. The first kappa shape index (κ1) is 18.6. The zero-order valence-corrected chi connectivity index (χ0v) is 16.2. The summed E-state index contributed by atoms with van der Waals surface area (Å²) in [6.45, 7) is 4.09. The maximum Gasteiger partial charge on any atom is 0.187 e. The number of hydrazone groups is 1. The molecule has 138 valence electrons. The minimum atomic E-state index is 0.488. The van der Waals surface area contributed by atoms with E-state index in [1.54, 1.807) is 24.7 Å². The lowest BCUT2D eigenvalue weighted by atomic mass is 10.2. The van der Waals surface area contributed by atoms with Crippen molar-refractivity contribution in [2.75, 3.05) is 38.3 Å². The Kier molecular flexibility index (Phi) is 6.82. The van der Waals surface area contributed by atoms with Crippen LogP contribution in [-0.4, -0.2) is 44.7 Å². The minimum Gasteiger partial charge on any atom is -0.497 e. The molecule has 2 heterocycles. The molecular formula is C18H22N4O2S2. The number of benzene rings is 1. The van der Waals surface area contributed by atoms with Crippen molar-refractivity contribution in [1.29, 1.82) is 0 Å². The molecule has 1 aromatic carbocycles. The van der Waals surface area contributed by atoms with E-state index < -0.39 is 0 Å². The van der Waals surface area contributed by atoms with E-state index in [9.17, 15) is 0 Å². The highest BCUT2D eigenvalue weighted by Gasteiger charge is 2.12. The number of thiocarbonyl (C=S) groups is 1. The highest BCUT2D eigenvalue weighted by molar-refractivity contribution is 7.80. The van der Waals surface area contributed by atoms with Crippen LogP contribution >= 0.6 is 23.6 Å². The van der Waals surface area contributed by atoms with E-state index in [1.807, 2.05) is 24.3 Å². The van der Waals surface area contributed by atoms with E-state index in [0.717, 1.165) is 42.5 Å². The van der Waals surface area contributed by atoms with Crippen molar-refractivity contribution in [2.45, 2.75) is 6.54 Å². The van der Waals surface area contributed by atoms with Crippen molar-refractivity contribution in [1.82, 2.24) is 10.7 Å². The third-order valence-electron chi connectivity index (χ3n) is 3.91. The number of hydrogen-bond donors (Lipinski definition) is 2. The average molecular weight is 391 g/mol. The second kappa shape index (κ2) is 9.51. The number of nitrogens with one attached hydrogen (secondary N) is 2. The zero-order chi connectivity index (χ0) is 18.2. The van der Waals surface area contributed by atoms with Crippen molar-refractivity contribution < 1.29 is 9.47 Å². The number of ether oxygens (including phenoxy) is 2. The molecule has 0 aliphatic carbocycles. The quantitative estimate of drug-likeness (QED) is 0.449. The predicted molar refractivity (Wildman–Crippen MR) is 111 cm³/mol. The summed E-state index contributed by atoms with van der Waals surface area (Å²) in [4.78, 5) is 3.41. The van der Waals surface area contributed by atoms with Crippen molar-refractivity contribution >= 4 is 39.9 Å². The summed E-state index contributed by atoms with van der Waals surface area (Å²) in [5.74, 6) is 0.839. The average Bonchev–Trinajstić information content (AvgIpc) is 3.16. The van der Waals surface area contributed by atoms with Gasteiger partial charge in [0.25, 0.3) is 0 Å². The summed E-state index contributed by atoms with van der Waals surface area (Å²) in [6, 6.07) is 12.0. The van der Waals surface area contributed by atoms with Crippen LogP contribution in [0.5, 0.6) is 5.75 Å². The highest BCUT2D eigenvalue weighted by Crippen LogP contribution is 2.25. The molecule has 1 aliphatic heterocycles. The normalized spacial score (nSPS) is 14.4. The lowest BCUT2D eigenvalue weighted by Crippen LogP contribution is -2.35. The monoisotopic (exact) mass is 390 g/mol. The number of morpholine rings is 1. The topological polar surface area (TPSA) is 58.1 Å². The van der Waals surface area contributed by atoms with Gasteiger partial charge in [0.1, 0.15) is 5.75 Å². The molecule has 0 atom stereocenters. The summed E-state index contributed by atoms with van der Waals surface area (Å²) < 4.78 is 10.5. The summed E-state index contributed by atoms with van der Waals surface area (Å²) >= 11 is 6.96. The Bertz CT molecular complexity index is 740. The van der Waals surface area contributed by atoms with Crippen molar-refractivity contribution in [3.05, 3.63) is 46.8 Å². The molecular weight excluding hydrogens is 368 g/mol. The summed E-state index contributed by atoms with van der Waals surface area (Å²) in [7, 11) is 1.65. The van der Waals surface area contributed by atoms with E-state index in [0.29, 0.717) is 11.7 Å². The Morgan fingerprint density at radius 3 is 2.77 bits per heavy atom. The zero-order valence-electron chi connectivity index (χ0n) is 14.6. The molecule has 3 rings (SSSR count).